The first-order valence-electron chi connectivity index (χ1n) is 3.80. The van der Waals surface area contributed by atoms with Gasteiger partial charge in [-0.2, -0.15) is 0 Å². The topological polar surface area (TPSA) is 30.7 Å². The summed E-state index contributed by atoms with van der Waals surface area (Å²) in [5.41, 5.74) is 1.26. The van der Waals surface area contributed by atoms with Gasteiger partial charge in [-0.1, -0.05) is 53.9 Å². The maximum absolute atomic E-state index is 5.78. The summed E-state index contributed by atoms with van der Waals surface area (Å²) in [6.07, 6.45) is 0. The third-order valence-electron chi connectivity index (χ3n) is 1.67. The highest BCUT2D eigenvalue weighted by molar-refractivity contribution is 6.66. The van der Waals surface area contributed by atoms with Crippen molar-refractivity contribution in [2.75, 3.05) is 0 Å². The average molecular weight is 243 g/mol. The second-order valence-electron chi connectivity index (χ2n) is 3.10. The molecule has 1 aromatic rings. The van der Waals surface area contributed by atoms with Crippen molar-refractivity contribution in [1.82, 2.24) is 15.0 Å². The van der Waals surface area contributed by atoms with Crippen LogP contribution in [0, 0.1) is 0 Å². The van der Waals surface area contributed by atoms with Gasteiger partial charge in [0.05, 0.1) is 5.69 Å². The number of aromatic nitrogens is 3. The maximum atomic E-state index is 5.78. The first-order chi connectivity index (χ1) is 5.84. The minimum Gasteiger partial charge on any atom is -0.248 e. The molecular formula is C7H10Cl3N3. The fourth-order valence-electron chi connectivity index (χ4n) is 1.09. The van der Waals surface area contributed by atoms with E-state index in [1.54, 1.807) is 7.05 Å². The van der Waals surface area contributed by atoms with Gasteiger partial charge in [0.25, 0.3) is 0 Å². The molecule has 0 unspecified atom stereocenters. The highest BCUT2D eigenvalue weighted by Crippen LogP contribution is 2.40. The van der Waals surface area contributed by atoms with Gasteiger partial charge in [0, 0.05) is 7.05 Å². The molecular weight excluding hydrogens is 232 g/mol. The third kappa shape index (κ3) is 2.27. The molecule has 0 saturated carbocycles. The monoisotopic (exact) mass is 241 g/mol. The Bertz CT molecular complexity index is 300. The molecule has 0 fully saturated rings. The van der Waals surface area contributed by atoms with Crippen molar-refractivity contribution >= 4 is 34.8 Å². The van der Waals surface area contributed by atoms with Crippen LogP contribution < -0.4 is 0 Å². The quantitative estimate of drug-likeness (QED) is 0.709. The molecule has 6 heteroatoms. The highest BCUT2D eigenvalue weighted by Gasteiger charge is 2.32. The van der Waals surface area contributed by atoms with Gasteiger partial charge in [-0.15, -0.1) is 5.10 Å². The van der Waals surface area contributed by atoms with Crippen molar-refractivity contribution < 1.29 is 0 Å². The van der Waals surface area contributed by atoms with Crippen LogP contribution in [0.4, 0.5) is 0 Å². The van der Waals surface area contributed by atoms with E-state index in [2.05, 4.69) is 10.3 Å². The van der Waals surface area contributed by atoms with Crippen LogP contribution in [-0.2, 0) is 10.8 Å². The van der Waals surface area contributed by atoms with Crippen LogP contribution in [0.5, 0.6) is 0 Å². The summed E-state index contributed by atoms with van der Waals surface area (Å²) in [5, 5.41) is 7.76. The van der Waals surface area contributed by atoms with Crippen LogP contribution in [-0.4, -0.2) is 15.0 Å². The summed E-state index contributed by atoms with van der Waals surface area (Å²) in [6, 6.07) is 0. The van der Waals surface area contributed by atoms with E-state index in [1.165, 1.54) is 4.68 Å². The molecule has 0 aromatic carbocycles. The molecule has 13 heavy (non-hydrogen) atoms. The summed E-state index contributed by atoms with van der Waals surface area (Å²) in [6.45, 7) is 3.95. The van der Waals surface area contributed by atoms with Gasteiger partial charge in [-0.05, 0) is 5.92 Å². The van der Waals surface area contributed by atoms with Crippen molar-refractivity contribution in [3.05, 3.63) is 11.4 Å². The molecule has 0 spiro atoms. The summed E-state index contributed by atoms with van der Waals surface area (Å²) >= 11 is 17.4. The molecule has 74 valence electrons. The lowest BCUT2D eigenvalue weighted by molar-refractivity contribution is 0.684. The van der Waals surface area contributed by atoms with Gasteiger partial charge in [-0.3, -0.25) is 0 Å². The Kier molecular flexibility index (Phi) is 3.10. The second-order valence-corrected chi connectivity index (χ2v) is 5.38. The van der Waals surface area contributed by atoms with Crippen LogP contribution in [0.3, 0.4) is 0 Å². The largest absolute Gasteiger partial charge is 0.248 e. The van der Waals surface area contributed by atoms with Gasteiger partial charge < -0.3 is 0 Å². The van der Waals surface area contributed by atoms with Crippen LogP contribution in [0.25, 0.3) is 0 Å². The van der Waals surface area contributed by atoms with E-state index >= 15 is 0 Å². The number of hydrogen-bond donors (Lipinski definition) is 0. The number of halogens is 3. The zero-order chi connectivity index (χ0) is 10.2. The number of alkyl halides is 3. The van der Waals surface area contributed by atoms with Crippen molar-refractivity contribution in [2.24, 2.45) is 7.05 Å². The van der Waals surface area contributed by atoms with E-state index in [0.29, 0.717) is 5.69 Å². The zero-order valence-electron chi connectivity index (χ0n) is 7.55. The lowest BCUT2D eigenvalue weighted by Gasteiger charge is -2.13. The SMILES string of the molecule is CC(C)c1nnn(C)c1C(Cl)(Cl)Cl. The van der Waals surface area contributed by atoms with Gasteiger partial charge in [0.1, 0.15) is 5.69 Å². The Morgan fingerprint density at radius 2 is 1.85 bits per heavy atom. The molecule has 0 N–H and O–H groups in total. The summed E-state index contributed by atoms with van der Waals surface area (Å²) in [5.74, 6) is 0.194. The van der Waals surface area contributed by atoms with E-state index in [9.17, 15) is 0 Å². The normalized spacial score (nSPS) is 12.5. The van der Waals surface area contributed by atoms with E-state index in [1.807, 2.05) is 13.8 Å². The molecule has 0 saturated heterocycles. The fraction of sp³-hybridized carbons (Fsp3) is 0.714. The summed E-state index contributed by atoms with van der Waals surface area (Å²) in [4.78, 5) is 0. The molecule has 1 heterocycles. The van der Waals surface area contributed by atoms with E-state index in [4.69, 9.17) is 34.8 Å². The Hall–Kier alpha value is 0.01000. The van der Waals surface area contributed by atoms with E-state index < -0.39 is 3.79 Å². The molecule has 0 aliphatic carbocycles. The summed E-state index contributed by atoms with van der Waals surface area (Å²) < 4.78 is 0.0280. The first-order valence-corrected chi connectivity index (χ1v) is 4.94. The smallest absolute Gasteiger partial charge is 0.234 e. The number of hydrogen-bond acceptors (Lipinski definition) is 2. The van der Waals surface area contributed by atoms with Crippen LogP contribution in [0.15, 0.2) is 0 Å². The Morgan fingerprint density at radius 3 is 2.15 bits per heavy atom. The van der Waals surface area contributed by atoms with Gasteiger partial charge in [0.2, 0.25) is 3.79 Å². The zero-order valence-corrected chi connectivity index (χ0v) is 9.82. The predicted octanol–water partition coefficient (Wildman–Crippen LogP) is 2.77. The van der Waals surface area contributed by atoms with Gasteiger partial charge in [0.15, 0.2) is 0 Å². The molecule has 0 atom stereocenters. The lowest BCUT2D eigenvalue weighted by Crippen LogP contribution is -2.11. The average Bonchev–Trinajstić information content (AvgIpc) is 2.28. The highest BCUT2D eigenvalue weighted by atomic mass is 35.6. The van der Waals surface area contributed by atoms with Crippen molar-refractivity contribution in [2.45, 2.75) is 23.6 Å². The van der Waals surface area contributed by atoms with Crippen LogP contribution >= 0.6 is 34.8 Å². The minimum absolute atomic E-state index is 0.194. The summed E-state index contributed by atoms with van der Waals surface area (Å²) in [7, 11) is 1.70. The van der Waals surface area contributed by atoms with Crippen molar-refractivity contribution in [3.8, 4) is 0 Å². The van der Waals surface area contributed by atoms with Crippen LogP contribution in [0.1, 0.15) is 31.2 Å². The molecule has 0 radical (unpaired) electrons. The Morgan fingerprint density at radius 1 is 1.31 bits per heavy atom. The number of rotatable bonds is 1. The standard InChI is InChI=1S/C7H10Cl3N3/c1-4(2)5-6(7(8,9)10)13(3)12-11-5/h4H,1-3H3. The molecule has 0 aliphatic rings. The van der Waals surface area contributed by atoms with Crippen LogP contribution in [0.2, 0.25) is 0 Å². The van der Waals surface area contributed by atoms with E-state index in [-0.39, 0.29) is 5.92 Å². The molecule has 1 aromatic heterocycles. The third-order valence-corrected chi connectivity index (χ3v) is 2.21. The molecule has 0 aliphatic heterocycles. The number of nitrogens with zero attached hydrogens (tertiary/aromatic N) is 3. The first kappa shape index (κ1) is 11.1. The molecule has 1 rings (SSSR count). The Balaban J connectivity index is 3.25. The fourth-order valence-corrected chi connectivity index (χ4v) is 1.75. The van der Waals surface area contributed by atoms with Crippen molar-refractivity contribution in [3.63, 3.8) is 0 Å². The van der Waals surface area contributed by atoms with Gasteiger partial charge in [-0.25, -0.2) is 4.68 Å². The molecule has 3 nitrogen and oxygen atoms in total. The second kappa shape index (κ2) is 3.64. The predicted molar refractivity (Wildman–Crippen MR) is 54.3 cm³/mol. The molecule has 0 amide bonds. The molecule has 0 bridgehead atoms. The van der Waals surface area contributed by atoms with Gasteiger partial charge >= 0.3 is 0 Å². The van der Waals surface area contributed by atoms with Crippen molar-refractivity contribution in [1.29, 1.82) is 0 Å². The Labute approximate surface area is 92.0 Å². The number of aryl methyl sites for hydroxylation is 1. The lowest BCUT2D eigenvalue weighted by atomic mass is 10.1. The minimum atomic E-state index is -1.46. The van der Waals surface area contributed by atoms with E-state index in [0.717, 1.165) is 5.69 Å². The maximum Gasteiger partial charge on any atom is 0.234 e.